The van der Waals surface area contributed by atoms with Crippen molar-refractivity contribution in [1.82, 2.24) is 5.32 Å². The molecule has 0 bridgehead atoms. The zero-order chi connectivity index (χ0) is 16.2. The van der Waals surface area contributed by atoms with Crippen molar-refractivity contribution in [2.75, 3.05) is 13.2 Å². The van der Waals surface area contributed by atoms with Crippen LogP contribution in [0.15, 0.2) is 24.3 Å². The summed E-state index contributed by atoms with van der Waals surface area (Å²) in [5.41, 5.74) is 0.0551. The molecule has 1 heterocycles. The molecule has 0 saturated carbocycles. The Morgan fingerprint density at radius 2 is 2.05 bits per heavy atom. The lowest BCUT2D eigenvalue weighted by Crippen LogP contribution is -2.55. The number of carboxylic acids is 1. The fourth-order valence-corrected chi connectivity index (χ4v) is 2.19. The summed E-state index contributed by atoms with van der Waals surface area (Å²) < 4.78 is 10.6. The van der Waals surface area contributed by atoms with Gasteiger partial charge in [0.15, 0.2) is 5.54 Å². The first-order valence-electron chi connectivity index (χ1n) is 7.27. The molecular formula is C16H21NO5. The molecule has 1 atom stereocenters. The number of aliphatic carboxylic acids is 1. The lowest BCUT2D eigenvalue weighted by Gasteiger charge is -2.23. The van der Waals surface area contributed by atoms with Gasteiger partial charge >= 0.3 is 5.97 Å². The van der Waals surface area contributed by atoms with Crippen molar-refractivity contribution in [2.24, 2.45) is 0 Å². The van der Waals surface area contributed by atoms with Crippen molar-refractivity contribution in [3.63, 3.8) is 0 Å². The number of benzene rings is 1. The molecule has 1 aromatic carbocycles. The van der Waals surface area contributed by atoms with E-state index in [9.17, 15) is 14.7 Å². The second-order valence-electron chi connectivity index (χ2n) is 5.70. The van der Waals surface area contributed by atoms with E-state index in [1.807, 2.05) is 13.8 Å². The molecule has 1 aliphatic heterocycles. The highest BCUT2D eigenvalue weighted by Crippen LogP contribution is 2.20. The van der Waals surface area contributed by atoms with Crippen molar-refractivity contribution in [3.05, 3.63) is 35.4 Å². The summed E-state index contributed by atoms with van der Waals surface area (Å²) in [5.74, 6) is -1.48. The van der Waals surface area contributed by atoms with Gasteiger partial charge in [-0.1, -0.05) is 12.1 Å². The number of nitrogens with one attached hydrogen (secondary N) is 1. The Bertz CT molecular complexity index is 532. The highest BCUT2D eigenvalue weighted by Gasteiger charge is 2.44. The minimum atomic E-state index is -1.32. The second kappa shape index (κ2) is 6.89. The van der Waals surface area contributed by atoms with Gasteiger partial charge < -0.3 is 19.9 Å². The van der Waals surface area contributed by atoms with E-state index in [-0.39, 0.29) is 19.1 Å². The van der Waals surface area contributed by atoms with Crippen molar-refractivity contribution < 1.29 is 24.2 Å². The number of carboxylic acid groups (broad SMARTS) is 1. The van der Waals surface area contributed by atoms with Crippen LogP contribution in [0.25, 0.3) is 0 Å². The van der Waals surface area contributed by atoms with Gasteiger partial charge in [0.2, 0.25) is 0 Å². The van der Waals surface area contributed by atoms with E-state index in [1.165, 1.54) is 0 Å². The smallest absolute Gasteiger partial charge is 0.331 e. The molecule has 6 heteroatoms. The first kappa shape index (κ1) is 16.5. The van der Waals surface area contributed by atoms with E-state index >= 15 is 0 Å². The molecule has 0 aromatic heterocycles. The summed E-state index contributed by atoms with van der Waals surface area (Å²) >= 11 is 0. The van der Waals surface area contributed by atoms with Gasteiger partial charge in [-0.2, -0.15) is 0 Å². The minimum absolute atomic E-state index is 0.00557. The molecule has 120 valence electrons. The van der Waals surface area contributed by atoms with Gasteiger partial charge in [0.25, 0.3) is 5.91 Å². The summed E-state index contributed by atoms with van der Waals surface area (Å²) in [4.78, 5) is 23.6. The second-order valence-corrected chi connectivity index (χ2v) is 5.70. The van der Waals surface area contributed by atoms with Crippen LogP contribution in [0.4, 0.5) is 0 Å². The van der Waals surface area contributed by atoms with E-state index in [0.717, 1.165) is 5.56 Å². The summed E-state index contributed by atoms with van der Waals surface area (Å²) in [7, 11) is 0. The largest absolute Gasteiger partial charge is 0.479 e. The minimum Gasteiger partial charge on any atom is -0.479 e. The molecule has 1 aromatic rings. The van der Waals surface area contributed by atoms with E-state index in [2.05, 4.69) is 5.32 Å². The molecular weight excluding hydrogens is 286 g/mol. The first-order valence-corrected chi connectivity index (χ1v) is 7.27. The number of carbonyl (C=O) groups is 2. The quantitative estimate of drug-likeness (QED) is 0.833. The Morgan fingerprint density at radius 3 is 2.55 bits per heavy atom. The van der Waals surface area contributed by atoms with Crippen LogP contribution >= 0.6 is 0 Å². The number of ether oxygens (including phenoxy) is 2. The Kier molecular flexibility index (Phi) is 5.15. The van der Waals surface area contributed by atoms with Gasteiger partial charge in [-0.15, -0.1) is 0 Å². The number of amides is 1. The third-order valence-electron chi connectivity index (χ3n) is 3.58. The maximum atomic E-state index is 12.2. The monoisotopic (exact) mass is 307 g/mol. The van der Waals surface area contributed by atoms with Crippen LogP contribution in [0.5, 0.6) is 0 Å². The molecule has 0 radical (unpaired) electrons. The first-order chi connectivity index (χ1) is 10.4. The molecule has 22 heavy (non-hydrogen) atoms. The molecule has 1 unspecified atom stereocenters. The van der Waals surface area contributed by atoms with Crippen molar-refractivity contribution in [1.29, 1.82) is 0 Å². The van der Waals surface area contributed by atoms with Crippen LogP contribution in [0.3, 0.4) is 0 Å². The molecule has 2 N–H and O–H groups in total. The van der Waals surface area contributed by atoms with Crippen LogP contribution in [0.1, 0.15) is 36.2 Å². The fraction of sp³-hybridized carbons (Fsp3) is 0.500. The van der Waals surface area contributed by atoms with E-state index in [1.54, 1.807) is 24.3 Å². The van der Waals surface area contributed by atoms with Crippen LogP contribution in [-0.2, 0) is 20.9 Å². The van der Waals surface area contributed by atoms with Crippen molar-refractivity contribution in [3.8, 4) is 0 Å². The zero-order valence-electron chi connectivity index (χ0n) is 12.8. The van der Waals surface area contributed by atoms with Gasteiger partial charge in [-0.3, -0.25) is 4.79 Å². The van der Waals surface area contributed by atoms with E-state index < -0.39 is 17.4 Å². The van der Waals surface area contributed by atoms with Crippen LogP contribution < -0.4 is 5.32 Å². The molecule has 1 amide bonds. The average Bonchev–Trinajstić information content (AvgIpc) is 2.95. The number of hydrogen-bond acceptors (Lipinski definition) is 4. The topological polar surface area (TPSA) is 84.9 Å². The van der Waals surface area contributed by atoms with Gasteiger partial charge in [0.1, 0.15) is 0 Å². The highest BCUT2D eigenvalue weighted by molar-refractivity contribution is 5.98. The van der Waals surface area contributed by atoms with E-state index in [0.29, 0.717) is 18.8 Å². The lowest BCUT2D eigenvalue weighted by atomic mass is 9.98. The fourth-order valence-electron chi connectivity index (χ4n) is 2.19. The third-order valence-corrected chi connectivity index (χ3v) is 3.58. The Morgan fingerprint density at radius 1 is 1.36 bits per heavy atom. The predicted molar refractivity (Wildman–Crippen MR) is 79.6 cm³/mol. The SMILES string of the molecule is CC(C)OCc1ccc(C(=O)NC2(C(=O)O)CCOC2)cc1. The summed E-state index contributed by atoms with van der Waals surface area (Å²) in [6.07, 6.45) is 0.412. The number of carbonyl (C=O) groups excluding carboxylic acids is 1. The standard InChI is InChI=1S/C16H21NO5/c1-11(2)22-9-12-3-5-13(6-4-12)14(18)17-16(15(19)20)7-8-21-10-16/h3-6,11H,7-10H2,1-2H3,(H,17,18)(H,19,20). The zero-order valence-corrected chi connectivity index (χ0v) is 12.8. The number of rotatable bonds is 6. The lowest BCUT2D eigenvalue weighted by molar-refractivity contribution is -0.144. The summed E-state index contributed by atoms with van der Waals surface area (Å²) in [6, 6.07) is 6.94. The van der Waals surface area contributed by atoms with Crippen LogP contribution in [-0.4, -0.2) is 41.8 Å². The molecule has 1 fully saturated rings. The van der Waals surface area contributed by atoms with E-state index in [4.69, 9.17) is 9.47 Å². The Balaban J connectivity index is 2.02. The van der Waals surface area contributed by atoms with Crippen molar-refractivity contribution in [2.45, 2.75) is 38.5 Å². The maximum absolute atomic E-state index is 12.2. The molecule has 0 spiro atoms. The third kappa shape index (κ3) is 3.84. The Labute approximate surface area is 129 Å². The van der Waals surface area contributed by atoms with Gasteiger partial charge in [-0.25, -0.2) is 4.79 Å². The van der Waals surface area contributed by atoms with Crippen LogP contribution in [0.2, 0.25) is 0 Å². The molecule has 1 aliphatic rings. The number of hydrogen-bond donors (Lipinski definition) is 2. The summed E-state index contributed by atoms with van der Waals surface area (Å²) in [6.45, 7) is 4.71. The highest BCUT2D eigenvalue weighted by atomic mass is 16.5. The van der Waals surface area contributed by atoms with Crippen molar-refractivity contribution >= 4 is 11.9 Å². The van der Waals surface area contributed by atoms with Gasteiger partial charge in [0.05, 0.1) is 19.3 Å². The molecule has 0 aliphatic carbocycles. The summed E-state index contributed by atoms with van der Waals surface area (Å²) in [5, 5.41) is 11.9. The molecule has 6 nitrogen and oxygen atoms in total. The molecule has 1 saturated heterocycles. The van der Waals surface area contributed by atoms with Gasteiger partial charge in [-0.05, 0) is 31.5 Å². The normalized spacial score (nSPS) is 21.0. The average molecular weight is 307 g/mol. The maximum Gasteiger partial charge on any atom is 0.331 e. The van der Waals surface area contributed by atoms with Gasteiger partial charge in [0, 0.05) is 18.6 Å². The molecule has 2 rings (SSSR count). The predicted octanol–water partition coefficient (Wildman–Crippen LogP) is 1.59. The van der Waals surface area contributed by atoms with Crippen LogP contribution in [0, 0.1) is 0 Å². The Hall–Kier alpha value is -1.92.